The molecule has 3 fully saturated rings. The summed E-state index contributed by atoms with van der Waals surface area (Å²) in [5.41, 5.74) is 3.91. The normalized spacial score (nSPS) is 34.8. The highest BCUT2D eigenvalue weighted by molar-refractivity contribution is 5.74. The number of hydrogen-bond donors (Lipinski definition) is 1. The summed E-state index contributed by atoms with van der Waals surface area (Å²) >= 11 is 0. The van der Waals surface area contributed by atoms with E-state index in [1.165, 1.54) is 12.8 Å². The van der Waals surface area contributed by atoms with E-state index in [0.717, 1.165) is 51.4 Å². The second kappa shape index (κ2) is 9.18. The third kappa shape index (κ3) is 4.97. The van der Waals surface area contributed by atoms with Gasteiger partial charge in [-0.3, -0.25) is 4.79 Å². The van der Waals surface area contributed by atoms with Crippen LogP contribution in [0.2, 0.25) is 0 Å². The van der Waals surface area contributed by atoms with Crippen molar-refractivity contribution in [2.75, 3.05) is 0 Å². The number of quaternary nitrogens is 1. The highest BCUT2D eigenvalue weighted by Gasteiger charge is 2.39. The minimum atomic E-state index is -0.530. The Labute approximate surface area is 156 Å². The SMILES string of the molecule is C[C@@H]1OC(=O)[C@@H]([NH3+])CCC[C@H](OC2CCCC2)[C@H]1OC(=O)C1CCCC1. The monoisotopic (exact) mass is 368 g/mol. The lowest BCUT2D eigenvalue weighted by molar-refractivity contribution is -0.410. The molecule has 3 aliphatic rings. The van der Waals surface area contributed by atoms with Crippen molar-refractivity contribution in [2.24, 2.45) is 5.92 Å². The molecule has 2 saturated carbocycles. The molecule has 0 aromatic heterocycles. The van der Waals surface area contributed by atoms with Gasteiger partial charge < -0.3 is 19.9 Å². The summed E-state index contributed by atoms with van der Waals surface area (Å²) in [5, 5.41) is 0. The molecule has 6 nitrogen and oxygen atoms in total. The van der Waals surface area contributed by atoms with Gasteiger partial charge in [0.05, 0.1) is 18.1 Å². The highest BCUT2D eigenvalue weighted by atomic mass is 16.6. The van der Waals surface area contributed by atoms with Gasteiger partial charge in [-0.1, -0.05) is 25.7 Å². The molecular formula is C20H34NO5+. The van der Waals surface area contributed by atoms with Gasteiger partial charge in [0.2, 0.25) is 0 Å². The first kappa shape index (κ1) is 19.6. The first-order valence-corrected chi connectivity index (χ1v) is 10.4. The maximum atomic E-state index is 12.6. The van der Waals surface area contributed by atoms with Gasteiger partial charge in [0.1, 0.15) is 6.10 Å². The van der Waals surface area contributed by atoms with E-state index >= 15 is 0 Å². The van der Waals surface area contributed by atoms with Crippen molar-refractivity contribution in [3.63, 3.8) is 0 Å². The topological polar surface area (TPSA) is 89.5 Å². The van der Waals surface area contributed by atoms with Crippen molar-refractivity contribution in [1.29, 1.82) is 0 Å². The van der Waals surface area contributed by atoms with Crippen LogP contribution in [-0.2, 0) is 23.8 Å². The van der Waals surface area contributed by atoms with Gasteiger partial charge in [0, 0.05) is 6.42 Å². The molecule has 0 amide bonds. The van der Waals surface area contributed by atoms with Crippen LogP contribution < -0.4 is 5.73 Å². The Hall–Kier alpha value is -1.14. The lowest BCUT2D eigenvalue weighted by Gasteiger charge is -2.33. The third-order valence-electron chi connectivity index (χ3n) is 6.12. The summed E-state index contributed by atoms with van der Waals surface area (Å²) in [7, 11) is 0. The number of hydrogen-bond acceptors (Lipinski definition) is 5. The molecule has 2 aliphatic carbocycles. The van der Waals surface area contributed by atoms with E-state index in [0.29, 0.717) is 6.42 Å². The Bertz CT molecular complexity index is 485. The molecule has 3 rings (SSSR count). The number of esters is 2. The second-order valence-electron chi connectivity index (χ2n) is 8.23. The predicted molar refractivity (Wildman–Crippen MR) is 95.0 cm³/mol. The fourth-order valence-electron chi connectivity index (χ4n) is 4.48. The van der Waals surface area contributed by atoms with Gasteiger partial charge in [-0.05, 0) is 45.4 Å². The standard InChI is InChI=1S/C20H33NO5/c1-13-18(26-19(22)14-7-2-3-8-14)17(25-15-9-4-5-10-15)12-6-11-16(21)20(23)24-13/h13-18H,2-12,21H2,1H3/p+1/t13-,16-,17-,18-/m0/s1. The molecule has 6 heteroatoms. The Morgan fingerprint density at radius 1 is 1.00 bits per heavy atom. The molecule has 0 bridgehead atoms. The van der Waals surface area contributed by atoms with Gasteiger partial charge >= 0.3 is 11.9 Å². The summed E-state index contributed by atoms with van der Waals surface area (Å²) in [6, 6.07) is -0.367. The highest BCUT2D eigenvalue weighted by Crippen LogP contribution is 2.30. The van der Waals surface area contributed by atoms with Crippen LogP contribution in [0.5, 0.6) is 0 Å². The fraction of sp³-hybridized carbons (Fsp3) is 0.900. The van der Waals surface area contributed by atoms with E-state index in [-0.39, 0.29) is 36.1 Å². The molecule has 148 valence electrons. The molecule has 0 spiro atoms. The third-order valence-corrected chi connectivity index (χ3v) is 6.12. The average molecular weight is 368 g/mol. The molecule has 1 aliphatic heterocycles. The summed E-state index contributed by atoms with van der Waals surface area (Å²) < 4.78 is 17.9. The number of carbonyl (C=O) groups is 2. The van der Waals surface area contributed by atoms with Crippen LogP contribution in [0.3, 0.4) is 0 Å². The van der Waals surface area contributed by atoms with Gasteiger partial charge in [-0.15, -0.1) is 0 Å². The van der Waals surface area contributed by atoms with Crippen LogP contribution in [0.25, 0.3) is 0 Å². The van der Waals surface area contributed by atoms with Crippen molar-refractivity contribution in [3.05, 3.63) is 0 Å². The average Bonchev–Trinajstić information content (AvgIpc) is 3.31. The lowest BCUT2D eigenvalue weighted by Crippen LogP contribution is -2.65. The largest absolute Gasteiger partial charge is 0.455 e. The first-order valence-electron chi connectivity index (χ1n) is 10.4. The Balaban J connectivity index is 1.73. The zero-order chi connectivity index (χ0) is 18.5. The van der Waals surface area contributed by atoms with Gasteiger partial charge in [-0.2, -0.15) is 0 Å². The molecule has 3 N–H and O–H groups in total. The minimum Gasteiger partial charge on any atom is -0.455 e. The lowest BCUT2D eigenvalue weighted by atomic mass is 10.0. The number of carbonyl (C=O) groups excluding carboxylic acids is 2. The van der Waals surface area contributed by atoms with Gasteiger partial charge in [-0.25, -0.2) is 4.79 Å². The quantitative estimate of drug-likeness (QED) is 0.768. The maximum absolute atomic E-state index is 12.6. The summed E-state index contributed by atoms with van der Waals surface area (Å²) in [4.78, 5) is 24.8. The van der Waals surface area contributed by atoms with Crippen molar-refractivity contribution in [1.82, 2.24) is 0 Å². The van der Waals surface area contributed by atoms with Crippen LogP contribution in [0, 0.1) is 5.92 Å². The number of cyclic esters (lactones) is 1. The Morgan fingerprint density at radius 3 is 2.35 bits per heavy atom. The number of ether oxygens (including phenoxy) is 3. The van der Waals surface area contributed by atoms with E-state index < -0.39 is 12.2 Å². The molecule has 4 atom stereocenters. The van der Waals surface area contributed by atoms with Crippen LogP contribution in [0.4, 0.5) is 0 Å². The van der Waals surface area contributed by atoms with Crippen molar-refractivity contribution < 1.29 is 29.5 Å². The minimum absolute atomic E-state index is 0.0155. The molecule has 0 aromatic rings. The van der Waals surface area contributed by atoms with E-state index in [1.54, 1.807) is 0 Å². The molecule has 1 saturated heterocycles. The molecule has 0 aromatic carbocycles. The molecular weight excluding hydrogens is 334 g/mol. The van der Waals surface area contributed by atoms with E-state index in [9.17, 15) is 9.59 Å². The predicted octanol–water partition coefficient (Wildman–Crippen LogP) is 2.14. The van der Waals surface area contributed by atoms with E-state index in [4.69, 9.17) is 14.2 Å². The Morgan fingerprint density at radius 2 is 1.65 bits per heavy atom. The van der Waals surface area contributed by atoms with Crippen LogP contribution in [-0.4, -0.2) is 42.4 Å². The van der Waals surface area contributed by atoms with Crippen LogP contribution in [0.15, 0.2) is 0 Å². The smallest absolute Gasteiger partial charge is 0.365 e. The van der Waals surface area contributed by atoms with Crippen LogP contribution >= 0.6 is 0 Å². The fourth-order valence-corrected chi connectivity index (χ4v) is 4.48. The van der Waals surface area contributed by atoms with E-state index in [2.05, 4.69) is 5.73 Å². The second-order valence-corrected chi connectivity index (χ2v) is 8.23. The zero-order valence-electron chi connectivity index (χ0n) is 16.0. The van der Waals surface area contributed by atoms with Gasteiger partial charge in [0.15, 0.2) is 12.1 Å². The number of rotatable bonds is 4. The molecule has 1 heterocycles. The van der Waals surface area contributed by atoms with Gasteiger partial charge in [0.25, 0.3) is 0 Å². The zero-order valence-corrected chi connectivity index (χ0v) is 16.0. The maximum Gasteiger partial charge on any atom is 0.365 e. The molecule has 26 heavy (non-hydrogen) atoms. The van der Waals surface area contributed by atoms with Crippen molar-refractivity contribution in [2.45, 2.75) is 108 Å². The molecule has 0 radical (unpaired) electrons. The molecule has 0 unspecified atom stereocenters. The Kier molecular flexibility index (Phi) is 6.92. The van der Waals surface area contributed by atoms with E-state index in [1.807, 2.05) is 6.92 Å². The first-order chi connectivity index (χ1) is 12.5. The summed E-state index contributed by atoms with van der Waals surface area (Å²) in [6.07, 6.45) is 9.71. The summed E-state index contributed by atoms with van der Waals surface area (Å²) in [6.45, 7) is 1.81. The van der Waals surface area contributed by atoms with Crippen molar-refractivity contribution in [3.8, 4) is 0 Å². The van der Waals surface area contributed by atoms with Crippen molar-refractivity contribution >= 4 is 11.9 Å². The summed E-state index contributed by atoms with van der Waals surface area (Å²) in [5.74, 6) is -0.472. The van der Waals surface area contributed by atoms with Crippen LogP contribution in [0.1, 0.15) is 77.6 Å².